The van der Waals surface area contributed by atoms with E-state index in [4.69, 9.17) is 0 Å². The molecular weight excluding hydrogens is 241 g/mol. The van der Waals surface area contributed by atoms with Crippen LogP contribution < -0.4 is 4.90 Å². The quantitative estimate of drug-likeness (QED) is 0.914. The Morgan fingerprint density at radius 3 is 2.37 bits per heavy atom. The molecule has 0 saturated heterocycles. The van der Waals surface area contributed by atoms with E-state index in [0.717, 1.165) is 11.3 Å². The second kappa shape index (κ2) is 5.41. The minimum absolute atomic E-state index is 0.291. The lowest BCUT2D eigenvalue weighted by Crippen LogP contribution is -2.09. The third kappa shape index (κ3) is 2.93. The molecule has 0 aliphatic heterocycles. The molecule has 0 fully saturated rings. The average molecular weight is 259 g/mol. The molecular formula is C16H18FNO. The summed E-state index contributed by atoms with van der Waals surface area (Å²) in [6.45, 7) is 1.71. The third-order valence-electron chi connectivity index (χ3n) is 3.21. The summed E-state index contributed by atoms with van der Waals surface area (Å²) in [5.41, 5.74) is 2.91. The highest BCUT2D eigenvalue weighted by Gasteiger charge is 2.12. The van der Waals surface area contributed by atoms with Crippen LogP contribution in [0.1, 0.15) is 22.8 Å². The number of hydrogen-bond donors (Lipinski definition) is 1. The van der Waals surface area contributed by atoms with Crippen LogP contribution >= 0.6 is 0 Å². The van der Waals surface area contributed by atoms with E-state index in [1.165, 1.54) is 6.07 Å². The molecule has 1 atom stereocenters. The van der Waals surface area contributed by atoms with Gasteiger partial charge in [0.2, 0.25) is 0 Å². The predicted molar refractivity (Wildman–Crippen MR) is 76.0 cm³/mol. The van der Waals surface area contributed by atoms with Gasteiger partial charge < -0.3 is 10.0 Å². The van der Waals surface area contributed by atoms with Crippen LogP contribution in [-0.2, 0) is 0 Å². The summed E-state index contributed by atoms with van der Waals surface area (Å²) in [6, 6.07) is 12.4. The molecule has 0 aliphatic rings. The molecule has 0 spiro atoms. The van der Waals surface area contributed by atoms with Gasteiger partial charge in [-0.15, -0.1) is 0 Å². The molecule has 0 aromatic heterocycles. The van der Waals surface area contributed by atoms with Crippen molar-refractivity contribution in [2.75, 3.05) is 19.0 Å². The monoisotopic (exact) mass is 259 g/mol. The summed E-state index contributed by atoms with van der Waals surface area (Å²) in [5, 5.41) is 10.3. The number of aryl methyl sites for hydroxylation is 1. The Morgan fingerprint density at radius 1 is 1.05 bits per heavy atom. The number of rotatable bonds is 3. The van der Waals surface area contributed by atoms with E-state index >= 15 is 0 Å². The highest BCUT2D eigenvalue weighted by molar-refractivity contribution is 5.49. The fourth-order valence-electron chi connectivity index (χ4n) is 1.94. The maximum absolute atomic E-state index is 13.5. The van der Waals surface area contributed by atoms with Gasteiger partial charge in [-0.3, -0.25) is 0 Å². The topological polar surface area (TPSA) is 23.5 Å². The number of nitrogens with zero attached hydrogens (tertiary/aromatic N) is 1. The van der Waals surface area contributed by atoms with Gasteiger partial charge in [0.15, 0.2) is 0 Å². The number of aliphatic hydroxyl groups excluding tert-OH is 1. The van der Waals surface area contributed by atoms with Gasteiger partial charge in [0, 0.05) is 19.8 Å². The van der Waals surface area contributed by atoms with E-state index in [9.17, 15) is 9.50 Å². The van der Waals surface area contributed by atoms with Crippen molar-refractivity contribution in [2.24, 2.45) is 0 Å². The number of aliphatic hydroxyl groups is 1. The van der Waals surface area contributed by atoms with Crippen molar-refractivity contribution >= 4 is 5.69 Å². The zero-order chi connectivity index (χ0) is 14.0. The van der Waals surface area contributed by atoms with Crippen molar-refractivity contribution < 1.29 is 9.50 Å². The van der Waals surface area contributed by atoms with Gasteiger partial charge in [0.05, 0.1) is 0 Å². The van der Waals surface area contributed by atoms with Crippen molar-refractivity contribution in [2.45, 2.75) is 13.0 Å². The molecule has 0 bridgehead atoms. The maximum atomic E-state index is 13.5. The normalized spacial score (nSPS) is 12.3. The average Bonchev–Trinajstić information content (AvgIpc) is 2.41. The van der Waals surface area contributed by atoms with E-state index < -0.39 is 6.10 Å². The van der Waals surface area contributed by atoms with Gasteiger partial charge in [-0.2, -0.15) is 0 Å². The Balaban J connectivity index is 2.35. The molecule has 0 aliphatic carbocycles. The lowest BCUT2D eigenvalue weighted by Gasteiger charge is -2.17. The zero-order valence-electron chi connectivity index (χ0n) is 11.4. The third-order valence-corrected chi connectivity index (χ3v) is 3.21. The number of hydrogen-bond acceptors (Lipinski definition) is 2. The SMILES string of the molecule is Cc1ccc(C(O)c2cccc(N(C)C)c2)cc1F. The lowest BCUT2D eigenvalue weighted by molar-refractivity contribution is 0.220. The minimum atomic E-state index is -0.810. The summed E-state index contributed by atoms with van der Waals surface area (Å²) in [4.78, 5) is 1.96. The number of halogens is 1. The van der Waals surface area contributed by atoms with E-state index in [1.54, 1.807) is 19.1 Å². The first-order chi connectivity index (χ1) is 8.99. The Kier molecular flexibility index (Phi) is 3.86. The smallest absolute Gasteiger partial charge is 0.126 e. The zero-order valence-corrected chi connectivity index (χ0v) is 11.4. The summed E-state index contributed by atoms with van der Waals surface area (Å²) < 4.78 is 13.5. The Hall–Kier alpha value is -1.87. The van der Waals surface area contributed by atoms with Crippen LogP contribution in [-0.4, -0.2) is 19.2 Å². The predicted octanol–water partition coefficient (Wildman–Crippen LogP) is 3.28. The van der Waals surface area contributed by atoms with Crippen LogP contribution in [0.15, 0.2) is 42.5 Å². The fourth-order valence-corrected chi connectivity index (χ4v) is 1.94. The molecule has 19 heavy (non-hydrogen) atoms. The van der Waals surface area contributed by atoms with E-state index in [1.807, 2.05) is 43.3 Å². The first-order valence-corrected chi connectivity index (χ1v) is 6.20. The standard InChI is InChI=1S/C16H18FNO/c1-11-7-8-13(10-15(11)17)16(19)12-5-4-6-14(9-12)18(2)3/h4-10,16,19H,1-3H3. The molecule has 100 valence electrons. The lowest BCUT2D eigenvalue weighted by atomic mass is 10.00. The van der Waals surface area contributed by atoms with Gasteiger partial charge >= 0.3 is 0 Å². The first-order valence-electron chi connectivity index (χ1n) is 6.20. The van der Waals surface area contributed by atoms with Crippen LogP contribution in [0.4, 0.5) is 10.1 Å². The molecule has 2 rings (SSSR count). The highest BCUT2D eigenvalue weighted by atomic mass is 19.1. The summed E-state index contributed by atoms with van der Waals surface area (Å²) >= 11 is 0. The molecule has 2 nitrogen and oxygen atoms in total. The van der Waals surface area contributed by atoms with Crippen molar-refractivity contribution in [3.05, 3.63) is 65.0 Å². The van der Waals surface area contributed by atoms with Crippen LogP contribution in [0.5, 0.6) is 0 Å². The molecule has 2 aromatic carbocycles. The van der Waals surface area contributed by atoms with Gasteiger partial charge in [0.1, 0.15) is 11.9 Å². The van der Waals surface area contributed by atoms with E-state index in [-0.39, 0.29) is 5.82 Å². The maximum Gasteiger partial charge on any atom is 0.126 e. The Morgan fingerprint density at radius 2 is 1.74 bits per heavy atom. The summed E-state index contributed by atoms with van der Waals surface area (Å²) in [6.07, 6.45) is -0.810. The fraction of sp³-hybridized carbons (Fsp3) is 0.250. The van der Waals surface area contributed by atoms with Crippen LogP contribution in [0, 0.1) is 12.7 Å². The van der Waals surface area contributed by atoms with E-state index in [2.05, 4.69) is 0 Å². The van der Waals surface area contributed by atoms with Crippen LogP contribution in [0.3, 0.4) is 0 Å². The molecule has 0 radical (unpaired) electrons. The van der Waals surface area contributed by atoms with Crippen LogP contribution in [0.2, 0.25) is 0 Å². The number of benzene rings is 2. The molecule has 0 amide bonds. The van der Waals surface area contributed by atoms with Crippen molar-refractivity contribution in [1.82, 2.24) is 0 Å². The van der Waals surface area contributed by atoms with E-state index in [0.29, 0.717) is 11.1 Å². The second-order valence-electron chi connectivity index (χ2n) is 4.90. The molecule has 1 N–H and O–H groups in total. The molecule has 2 aromatic rings. The summed E-state index contributed by atoms with van der Waals surface area (Å²) in [7, 11) is 3.88. The van der Waals surface area contributed by atoms with Crippen molar-refractivity contribution in [3.63, 3.8) is 0 Å². The van der Waals surface area contributed by atoms with Gasteiger partial charge in [-0.1, -0.05) is 24.3 Å². The Bertz CT molecular complexity index is 581. The minimum Gasteiger partial charge on any atom is -0.384 e. The number of anilines is 1. The van der Waals surface area contributed by atoms with Gasteiger partial charge in [0.25, 0.3) is 0 Å². The van der Waals surface area contributed by atoms with Crippen molar-refractivity contribution in [3.8, 4) is 0 Å². The van der Waals surface area contributed by atoms with Gasteiger partial charge in [-0.25, -0.2) is 4.39 Å². The largest absolute Gasteiger partial charge is 0.384 e. The highest BCUT2D eigenvalue weighted by Crippen LogP contribution is 2.26. The molecule has 0 saturated carbocycles. The van der Waals surface area contributed by atoms with Crippen molar-refractivity contribution in [1.29, 1.82) is 0 Å². The molecule has 3 heteroatoms. The molecule has 0 heterocycles. The van der Waals surface area contributed by atoms with Crippen LogP contribution in [0.25, 0.3) is 0 Å². The second-order valence-corrected chi connectivity index (χ2v) is 4.90. The van der Waals surface area contributed by atoms with Gasteiger partial charge in [-0.05, 0) is 41.8 Å². The first kappa shape index (κ1) is 13.6. The Labute approximate surface area is 113 Å². The molecule has 1 unspecified atom stereocenters. The summed E-state index contributed by atoms with van der Waals surface area (Å²) in [5.74, 6) is -0.291.